The Kier molecular flexibility index (Phi) is 2.53. The highest BCUT2D eigenvalue weighted by atomic mass is 16.5. The van der Waals surface area contributed by atoms with E-state index in [9.17, 15) is 4.79 Å². The normalized spacial score (nSPS) is 19.9. The summed E-state index contributed by atoms with van der Waals surface area (Å²) in [4.78, 5) is 11.4. The van der Waals surface area contributed by atoms with Crippen LogP contribution in [0, 0.1) is 5.92 Å². The number of hydrogen-bond acceptors (Lipinski definition) is 2. The van der Waals surface area contributed by atoms with E-state index in [1.807, 2.05) is 6.07 Å². The van der Waals surface area contributed by atoms with Gasteiger partial charge in [0.05, 0.1) is 13.0 Å². The average Bonchev–Trinajstić information content (AvgIpc) is 2.27. The van der Waals surface area contributed by atoms with Gasteiger partial charge in [0.2, 0.25) is 0 Å². The summed E-state index contributed by atoms with van der Waals surface area (Å²) in [6.45, 7) is 0. The third-order valence-corrected chi connectivity index (χ3v) is 2.88. The maximum Gasteiger partial charge on any atom is 0.309 e. The topological polar surface area (TPSA) is 26.3 Å². The number of esters is 1. The summed E-state index contributed by atoms with van der Waals surface area (Å²) in [5.74, 6) is -0.00518. The van der Waals surface area contributed by atoms with E-state index in [1.54, 1.807) is 0 Å². The van der Waals surface area contributed by atoms with Gasteiger partial charge in [-0.1, -0.05) is 24.3 Å². The molecule has 74 valence electrons. The van der Waals surface area contributed by atoms with Gasteiger partial charge in [-0.3, -0.25) is 4.79 Å². The number of benzene rings is 1. The van der Waals surface area contributed by atoms with Crippen molar-refractivity contribution in [2.75, 3.05) is 7.11 Å². The molecule has 1 aliphatic rings. The summed E-state index contributed by atoms with van der Waals surface area (Å²) in [6, 6.07) is 8.32. The molecule has 0 saturated carbocycles. The molecule has 2 nitrogen and oxygen atoms in total. The van der Waals surface area contributed by atoms with E-state index in [0.717, 1.165) is 19.3 Å². The van der Waals surface area contributed by atoms with Crippen LogP contribution in [0.1, 0.15) is 17.5 Å². The van der Waals surface area contributed by atoms with Crippen LogP contribution < -0.4 is 0 Å². The Balaban J connectivity index is 2.17. The summed E-state index contributed by atoms with van der Waals surface area (Å²) in [5.41, 5.74) is 2.68. The van der Waals surface area contributed by atoms with Crippen molar-refractivity contribution < 1.29 is 9.53 Å². The molecule has 0 bridgehead atoms. The van der Waals surface area contributed by atoms with Gasteiger partial charge in [-0.25, -0.2) is 0 Å². The minimum absolute atomic E-state index is 0.0647. The molecule has 0 fully saturated rings. The van der Waals surface area contributed by atoms with E-state index < -0.39 is 0 Å². The van der Waals surface area contributed by atoms with E-state index >= 15 is 0 Å². The highest BCUT2D eigenvalue weighted by molar-refractivity contribution is 5.73. The Bertz CT molecular complexity index is 344. The second-order valence-electron chi connectivity index (χ2n) is 3.73. The smallest absolute Gasteiger partial charge is 0.309 e. The fourth-order valence-electron chi connectivity index (χ4n) is 2.07. The lowest BCUT2D eigenvalue weighted by molar-refractivity contribution is -0.145. The minimum atomic E-state index is -0.0699. The number of ether oxygens (including phenoxy) is 1. The second-order valence-corrected chi connectivity index (χ2v) is 3.73. The molecule has 2 heteroatoms. The van der Waals surface area contributed by atoms with E-state index in [4.69, 9.17) is 4.74 Å². The number of hydrogen-bond donors (Lipinski definition) is 0. The maximum absolute atomic E-state index is 11.4. The monoisotopic (exact) mass is 190 g/mol. The zero-order chi connectivity index (χ0) is 9.97. The Labute approximate surface area is 83.9 Å². The second kappa shape index (κ2) is 3.82. The Morgan fingerprint density at radius 1 is 1.36 bits per heavy atom. The zero-order valence-corrected chi connectivity index (χ0v) is 8.32. The van der Waals surface area contributed by atoms with E-state index in [-0.39, 0.29) is 11.9 Å². The summed E-state index contributed by atoms with van der Waals surface area (Å²) in [7, 11) is 1.46. The molecule has 0 unspecified atom stereocenters. The number of aryl methyl sites for hydroxylation is 1. The summed E-state index contributed by atoms with van der Waals surface area (Å²) >= 11 is 0. The van der Waals surface area contributed by atoms with Gasteiger partial charge >= 0.3 is 5.97 Å². The molecule has 1 aliphatic carbocycles. The molecule has 0 amide bonds. The van der Waals surface area contributed by atoms with Crippen molar-refractivity contribution in [1.82, 2.24) is 0 Å². The van der Waals surface area contributed by atoms with Crippen LogP contribution in [0.2, 0.25) is 0 Å². The predicted octanol–water partition coefficient (Wildman–Crippen LogP) is 1.96. The number of fused-ring (bicyclic) bond motifs is 1. The predicted molar refractivity (Wildman–Crippen MR) is 54.0 cm³/mol. The zero-order valence-electron chi connectivity index (χ0n) is 8.32. The molecular weight excluding hydrogens is 176 g/mol. The molecule has 1 aromatic rings. The fourth-order valence-corrected chi connectivity index (χ4v) is 2.07. The molecule has 14 heavy (non-hydrogen) atoms. The molecule has 0 spiro atoms. The quantitative estimate of drug-likeness (QED) is 0.633. The Hall–Kier alpha value is -1.31. The van der Waals surface area contributed by atoms with Crippen LogP contribution in [0.25, 0.3) is 0 Å². The molecule has 1 atom stereocenters. The fraction of sp³-hybridized carbons (Fsp3) is 0.417. The summed E-state index contributed by atoms with van der Waals surface area (Å²) < 4.78 is 4.77. The lowest BCUT2D eigenvalue weighted by Gasteiger charge is -2.22. The largest absolute Gasteiger partial charge is 0.469 e. The molecular formula is C12H14O2. The molecule has 0 N–H and O–H groups in total. The van der Waals surface area contributed by atoms with Gasteiger partial charge in [-0.05, 0) is 30.4 Å². The van der Waals surface area contributed by atoms with Gasteiger partial charge in [-0.15, -0.1) is 0 Å². The van der Waals surface area contributed by atoms with Crippen molar-refractivity contribution in [3.05, 3.63) is 35.4 Å². The molecule has 0 aromatic heterocycles. The third kappa shape index (κ3) is 1.65. The SMILES string of the molecule is COC(=O)[C@H]1CCc2ccccc2C1. The van der Waals surface area contributed by atoms with Crippen LogP contribution in [0.4, 0.5) is 0 Å². The number of carbonyl (C=O) groups is 1. The van der Waals surface area contributed by atoms with Crippen LogP contribution >= 0.6 is 0 Å². The molecule has 0 heterocycles. The lowest BCUT2D eigenvalue weighted by Crippen LogP contribution is -2.23. The van der Waals surface area contributed by atoms with Crippen LogP contribution in [0.5, 0.6) is 0 Å². The minimum Gasteiger partial charge on any atom is -0.469 e. The Morgan fingerprint density at radius 3 is 2.79 bits per heavy atom. The van der Waals surface area contributed by atoms with Crippen LogP contribution in [-0.4, -0.2) is 13.1 Å². The first-order valence-electron chi connectivity index (χ1n) is 4.96. The summed E-state index contributed by atoms with van der Waals surface area (Å²) in [5, 5.41) is 0. The van der Waals surface area contributed by atoms with Crippen molar-refractivity contribution in [1.29, 1.82) is 0 Å². The first-order chi connectivity index (χ1) is 6.81. The van der Waals surface area contributed by atoms with Gasteiger partial charge in [0.1, 0.15) is 0 Å². The number of rotatable bonds is 1. The molecule has 0 aliphatic heterocycles. The van der Waals surface area contributed by atoms with Crippen molar-refractivity contribution in [3.63, 3.8) is 0 Å². The Morgan fingerprint density at radius 2 is 2.07 bits per heavy atom. The van der Waals surface area contributed by atoms with Gasteiger partial charge in [0.25, 0.3) is 0 Å². The average molecular weight is 190 g/mol. The van der Waals surface area contributed by atoms with E-state index in [0.29, 0.717) is 0 Å². The van der Waals surface area contributed by atoms with Gasteiger partial charge in [0.15, 0.2) is 0 Å². The first-order valence-corrected chi connectivity index (χ1v) is 4.96. The summed E-state index contributed by atoms with van der Waals surface area (Å²) in [6.07, 6.45) is 2.75. The molecule has 0 radical (unpaired) electrons. The third-order valence-electron chi connectivity index (χ3n) is 2.88. The van der Waals surface area contributed by atoms with E-state index in [1.165, 1.54) is 18.2 Å². The molecule has 2 rings (SSSR count). The van der Waals surface area contributed by atoms with Crippen molar-refractivity contribution >= 4 is 5.97 Å². The lowest BCUT2D eigenvalue weighted by atomic mass is 9.84. The number of methoxy groups -OCH3 is 1. The first kappa shape index (κ1) is 9.25. The number of carbonyl (C=O) groups excluding carboxylic acids is 1. The standard InChI is InChI=1S/C12H14O2/c1-14-12(13)11-7-6-9-4-2-3-5-10(9)8-11/h2-5,11H,6-8H2,1H3/t11-/m0/s1. The van der Waals surface area contributed by atoms with Crippen LogP contribution in [0.3, 0.4) is 0 Å². The van der Waals surface area contributed by atoms with Crippen LogP contribution in [0.15, 0.2) is 24.3 Å². The van der Waals surface area contributed by atoms with Gasteiger partial charge < -0.3 is 4.74 Å². The van der Waals surface area contributed by atoms with Gasteiger partial charge in [0, 0.05) is 0 Å². The molecule has 0 saturated heterocycles. The van der Waals surface area contributed by atoms with Crippen molar-refractivity contribution in [2.45, 2.75) is 19.3 Å². The van der Waals surface area contributed by atoms with Gasteiger partial charge in [-0.2, -0.15) is 0 Å². The van der Waals surface area contributed by atoms with Crippen molar-refractivity contribution in [3.8, 4) is 0 Å². The van der Waals surface area contributed by atoms with Crippen LogP contribution in [-0.2, 0) is 22.4 Å². The highest BCUT2D eigenvalue weighted by Crippen LogP contribution is 2.25. The maximum atomic E-state index is 11.4. The molecule has 1 aromatic carbocycles. The highest BCUT2D eigenvalue weighted by Gasteiger charge is 2.24. The van der Waals surface area contributed by atoms with Crippen molar-refractivity contribution in [2.24, 2.45) is 5.92 Å². The van der Waals surface area contributed by atoms with E-state index in [2.05, 4.69) is 18.2 Å².